The van der Waals surface area contributed by atoms with E-state index in [1.807, 2.05) is 11.3 Å². The summed E-state index contributed by atoms with van der Waals surface area (Å²) < 4.78 is 0. The summed E-state index contributed by atoms with van der Waals surface area (Å²) in [6.45, 7) is 11.2. The zero-order valence-electron chi connectivity index (χ0n) is 16.8. The molecule has 2 fully saturated rings. The minimum absolute atomic E-state index is 0.632. The Labute approximate surface area is 168 Å². The highest BCUT2D eigenvalue weighted by Crippen LogP contribution is 2.35. The van der Waals surface area contributed by atoms with Gasteiger partial charge in [0.05, 0.1) is 9.88 Å². The maximum Gasteiger partial charge on any atom is 0.0987 e. The molecule has 1 aromatic carbocycles. The fraction of sp³-hybridized carbons (Fsp3) is 0.542. The fourth-order valence-corrected chi connectivity index (χ4v) is 5.38. The van der Waals surface area contributed by atoms with Gasteiger partial charge >= 0.3 is 0 Å². The molecular weight excluding hydrogens is 348 g/mol. The van der Waals surface area contributed by atoms with Crippen molar-refractivity contribution >= 4 is 11.3 Å². The number of allylic oxidation sites excluding steroid dienone is 1. The topological polar surface area (TPSA) is 16.1 Å². The Morgan fingerprint density at radius 1 is 1.19 bits per heavy atom. The van der Waals surface area contributed by atoms with Gasteiger partial charge in [-0.25, -0.2) is 4.98 Å². The molecule has 4 rings (SSSR count). The van der Waals surface area contributed by atoms with Gasteiger partial charge < -0.3 is 0 Å². The second kappa shape index (κ2) is 8.28. The van der Waals surface area contributed by atoms with Gasteiger partial charge in [0.25, 0.3) is 0 Å². The van der Waals surface area contributed by atoms with E-state index in [-0.39, 0.29) is 0 Å². The molecule has 0 radical (unpaired) electrons. The first-order valence-electron chi connectivity index (χ1n) is 10.6. The summed E-state index contributed by atoms with van der Waals surface area (Å²) in [6.07, 6.45) is 9.84. The van der Waals surface area contributed by atoms with E-state index in [0.717, 1.165) is 31.8 Å². The van der Waals surface area contributed by atoms with E-state index in [9.17, 15) is 0 Å². The summed E-state index contributed by atoms with van der Waals surface area (Å²) in [5, 5.41) is 1.30. The highest BCUT2D eigenvalue weighted by atomic mass is 32.1. The van der Waals surface area contributed by atoms with E-state index in [1.165, 1.54) is 52.3 Å². The number of aryl methyl sites for hydroxylation is 1. The normalized spacial score (nSPS) is 18.9. The number of aromatic nitrogens is 1. The third-order valence-corrected chi connectivity index (χ3v) is 7.63. The van der Waals surface area contributed by atoms with Gasteiger partial charge in [-0.15, -0.1) is 11.3 Å². The van der Waals surface area contributed by atoms with E-state index in [2.05, 4.69) is 55.8 Å². The highest BCUT2D eigenvalue weighted by molar-refractivity contribution is 7.15. The van der Waals surface area contributed by atoms with Crippen molar-refractivity contribution in [2.24, 2.45) is 5.92 Å². The van der Waals surface area contributed by atoms with E-state index in [1.54, 1.807) is 0 Å². The van der Waals surface area contributed by atoms with E-state index in [4.69, 9.17) is 4.98 Å². The summed E-state index contributed by atoms with van der Waals surface area (Å²) in [5.74, 6) is 1.42. The summed E-state index contributed by atoms with van der Waals surface area (Å²) in [5.41, 5.74) is 4.20. The first-order chi connectivity index (χ1) is 13.1. The van der Waals surface area contributed by atoms with Crippen molar-refractivity contribution in [3.63, 3.8) is 0 Å². The molecule has 144 valence electrons. The third kappa shape index (κ3) is 4.35. The largest absolute Gasteiger partial charge is 0.299 e. The Bertz CT molecular complexity index is 762. The SMILES string of the molecule is C=C(CCc1ccc(-c2cnc(C3CN(C(C)C)C3)s2)cc1)C1CCCC1. The molecule has 0 atom stereocenters. The van der Waals surface area contributed by atoms with E-state index >= 15 is 0 Å². The number of hydrogen-bond donors (Lipinski definition) is 0. The highest BCUT2D eigenvalue weighted by Gasteiger charge is 2.31. The molecule has 0 N–H and O–H groups in total. The van der Waals surface area contributed by atoms with Crippen molar-refractivity contribution in [2.75, 3.05) is 13.1 Å². The minimum Gasteiger partial charge on any atom is -0.299 e. The monoisotopic (exact) mass is 380 g/mol. The first kappa shape index (κ1) is 18.9. The molecular formula is C24H32N2S. The van der Waals surface area contributed by atoms with Crippen molar-refractivity contribution in [1.82, 2.24) is 9.88 Å². The van der Waals surface area contributed by atoms with Crippen molar-refractivity contribution in [3.8, 4) is 10.4 Å². The van der Waals surface area contributed by atoms with Crippen LogP contribution in [0.25, 0.3) is 10.4 Å². The van der Waals surface area contributed by atoms with Crippen LogP contribution in [0.2, 0.25) is 0 Å². The lowest BCUT2D eigenvalue weighted by molar-refractivity contribution is 0.110. The van der Waals surface area contributed by atoms with Crippen LogP contribution in [0.4, 0.5) is 0 Å². The lowest BCUT2D eigenvalue weighted by Crippen LogP contribution is -2.48. The van der Waals surface area contributed by atoms with Gasteiger partial charge in [0.15, 0.2) is 0 Å². The van der Waals surface area contributed by atoms with Crippen LogP contribution in [0, 0.1) is 5.92 Å². The van der Waals surface area contributed by atoms with Crippen LogP contribution in [-0.2, 0) is 6.42 Å². The predicted octanol–water partition coefficient (Wildman–Crippen LogP) is 6.30. The molecule has 2 heterocycles. The minimum atomic E-state index is 0.632. The van der Waals surface area contributed by atoms with Crippen molar-refractivity contribution in [2.45, 2.75) is 64.3 Å². The van der Waals surface area contributed by atoms with Crippen LogP contribution in [0.15, 0.2) is 42.6 Å². The molecule has 0 bridgehead atoms. The fourth-order valence-electron chi connectivity index (χ4n) is 4.38. The summed E-state index contributed by atoms with van der Waals surface area (Å²) in [4.78, 5) is 8.53. The number of rotatable bonds is 7. The molecule has 0 amide bonds. The van der Waals surface area contributed by atoms with Gasteiger partial charge in [0, 0.05) is 31.2 Å². The van der Waals surface area contributed by atoms with Gasteiger partial charge in [-0.1, -0.05) is 49.3 Å². The van der Waals surface area contributed by atoms with E-state index in [0.29, 0.717) is 12.0 Å². The maximum absolute atomic E-state index is 4.71. The summed E-state index contributed by atoms with van der Waals surface area (Å²) in [7, 11) is 0. The lowest BCUT2D eigenvalue weighted by atomic mass is 9.93. The van der Waals surface area contributed by atoms with Crippen LogP contribution in [0.3, 0.4) is 0 Å². The average molecular weight is 381 g/mol. The van der Waals surface area contributed by atoms with Crippen LogP contribution in [0.5, 0.6) is 0 Å². The second-order valence-corrected chi connectivity index (χ2v) is 9.71. The molecule has 1 aliphatic heterocycles. The quantitative estimate of drug-likeness (QED) is 0.524. The van der Waals surface area contributed by atoms with Gasteiger partial charge in [-0.2, -0.15) is 0 Å². The predicted molar refractivity (Wildman–Crippen MR) is 116 cm³/mol. The molecule has 2 aliphatic rings. The van der Waals surface area contributed by atoms with Crippen molar-refractivity contribution in [3.05, 3.63) is 53.2 Å². The molecule has 2 nitrogen and oxygen atoms in total. The van der Waals surface area contributed by atoms with Crippen molar-refractivity contribution < 1.29 is 0 Å². The molecule has 1 saturated carbocycles. The standard InChI is InChI=1S/C24H32N2S/c1-17(2)26-15-22(16-26)24-25-14-23(27-24)21-12-10-19(11-13-21)9-8-18(3)20-6-4-5-7-20/h10-14,17,20,22H,3-9,15-16H2,1-2H3. The van der Waals surface area contributed by atoms with E-state index < -0.39 is 0 Å². The number of likely N-dealkylation sites (tertiary alicyclic amines) is 1. The maximum atomic E-state index is 4.71. The average Bonchev–Trinajstić information content (AvgIpc) is 3.31. The number of hydrogen-bond acceptors (Lipinski definition) is 3. The zero-order chi connectivity index (χ0) is 18.8. The Hall–Kier alpha value is -1.45. The van der Waals surface area contributed by atoms with Crippen LogP contribution >= 0.6 is 11.3 Å². The van der Waals surface area contributed by atoms with Gasteiger partial charge in [0.2, 0.25) is 0 Å². The summed E-state index contributed by atoms with van der Waals surface area (Å²) in [6, 6.07) is 9.78. The van der Waals surface area contributed by atoms with Gasteiger partial charge in [-0.3, -0.25) is 4.90 Å². The molecule has 1 saturated heterocycles. The molecule has 0 spiro atoms. The molecule has 1 aliphatic carbocycles. The molecule has 1 aromatic heterocycles. The smallest absolute Gasteiger partial charge is 0.0987 e. The van der Waals surface area contributed by atoms with Crippen LogP contribution in [0.1, 0.15) is 62.4 Å². The molecule has 27 heavy (non-hydrogen) atoms. The number of thiazole rings is 1. The summed E-state index contributed by atoms with van der Waals surface area (Å²) >= 11 is 1.87. The molecule has 2 aromatic rings. The number of benzene rings is 1. The zero-order valence-corrected chi connectivity index (χ0v) is 17.6. The second-order valence-electron chi connectivity index (χ2n) is 8.64. The number of nitrogens with zero attached hydrogens (tertiary/aromatic N) is 2. The van der Waals surface area contributed by atoms with Gasteiger partial charge in [-0.05, 0) is 56.6 Å². The first-order valence-corrected chi connectivity index (χ1v) is 11.4. The Balaban J connectivity index is 1.32. The molecule has 0 unspecified atom stereocenters. The Kier molecular flexibility index (Phi) is 5.79. The van der Waals surface area contributed by atoms with Crippen LogP contribution in [-0.4, -0.2) is 29.0 Å². The third-order valence-electron chi connectivity index (χ3n) is 6.42. The van der Waals surface area contributed by atoms with Crippen LogP contribution < -0.4 is 0 Å². The lowest BCUT2D eigenvalue weighted by Gasteiger charge is -2.41. The van der Waals surface area contributed by atoms with Crippen molar-refractivity contribution in [1.29, 1.82) is 0 Å². The van der Waals surface area contributed by atoms with Gasteiger partial charge in [0.1, 0.15) is 0 Å². The molecule has 3 heteroatoms. The Morgan fingerprint density at radius 3 is 2.56 bits per heavy atom. The Morgan fingerprint density at radius 2 is 1.89 bits per heavy atom.